The van der Waals surface area contributed by atoms with Crippen molar-refractivity contribution in [2.45, 2.75) is 27.5 Å². The Kier molecular flexibility index (Phi) is 5.28. The molecule has 0 saturated heterocycles. The maximum absolute atomic E-state index is 12.5. The van der Waals surface area contributed by atoms with E-state index in [1.807, 2.05) is 51.1 Å². The molecule has 134 valence electrons. The number of benzene rings is 2. The molecule has 2 aromatic carbocycles. The highest BCUT2D eigenvalue weighted by atomic mass is 35.5. The average Bonchev–Trinajstić information content (AvgIpc) is 3.08. The monoisotopic (exact) mass is 369 g/mol. The van der Waals surface area contributed by atoms with Gasteiger partial charge in [-0.2, -0.15) is 5.10 Å². The van der Waals surface area contributed by atoms with Gasteiger partial charge in [0.05, 0.1) is 5.02 Å². The third kappa shape index (κ3) is 4.06. The summed E-state index contributed by atoms with van der Waals surface area (Å²) in [6.07, 6.45) is 1.70. The van der Waals surface area contributed by atoms with Crippen LogP contribution in [0.15, 0.2) is 48.7 Å². The lowest BCUT2D eigenvalue weighted by atomic mass is 10.1. The van der Waals surface area contributed by atoms with Crippen LogP contribution in [0.25, 0.3) is 0 Å². The summed E-state index contributed by atoms with van der Waals surface area (Å²) in [5, 5.41) is 7.73. The van der Waals surface area contributed by atoms with Crippen LogP contribution in [-0.2, 0) is 6.73 Å². The second-order valence-corrected chi connectivity index (χ2v) is 6.58. The molecular weight excluding hydrogens is 350 g/mol. The van der Waals surface area contributed by atoms with Crippen LogP contribution in [-0.4, -0.2) is 15.7 Å². The Bertz CT molecular complexity index is 930. The second-order valence-electron chi connectivity index (χ2n) is 6.17. The van der Waals surface area contributed by atoms with Gasteiger partial charge in [0, 0.05) is 11.9 Å². The molecule has 3 rings (SSSR count). The maximum Gasteiger partial charge on any atom is 0.276 e. The van der Waals surface area contributed by atoms with Crippen LogP contribution < -0.4 is 10.1 Å². The quantitative estimate of drug-likeness (QED) is 0.706. The Balaban J connectivity index is 1.67. The van der Waals surface area contributed by atoms with Gasteiger partial charge in [-0.05, 0) is 55.7 Å². The van der Waals surface area contributed by atoms with E-state index in [-0.39, 0.29) is 12.6 Å². The van der Waals surface area contributed by atoms with Gasteiger partial charge >= 0.3 is 0 Å². The van der Waals surface area contributed by atoms with E-state index < -0.39 is 0 Å². The van der Waals surface area contributed by atoms with Crippen LogP contribution in [0.3, 0.4) is 0 Å². The molecule has 0 aliphatic carbocycles. The third-order valence-corrected chi connectivity index (χ3v) is 4.34. The summed E-state index contributed by atoms with van der Waals surface area (Å²) in [6.45, 7) is 6.05. The molecule has 0 fully saturated rings. The van der Waals surface area contributed by atoms with E-state index in [4.69, 9.17) is 16.3 Å². The number of carbonyl (C=O) groups is 1. The first kappa shape index (κ1) is 18.0. The van der Waals surface area contributed by atoms with Crippen molar-refractivity contribution in [1.29, 1.82) is 0 Å². The number of nitrogens with one attached hydrogen (secondary N) is 1. The second kappa shape index (κ2) is 7.62. The van der Waals surface area contributed by atoms with Crippen LogP contribution >= 0.6 is 11.6 Å². The van der Waals surface area contributed by atoms with E-state index in [0.29, 0.717) is 16.5 Å². The van der Waals surface area contributed by atoms with E-state index >= 15 is 0 Å². The molecule has 0 atom stereocenters. The average molecular weight is 370 g/mol. The first-order chi connectivity index (χ1) is 12.4. The fourth-order valence-corrected chi connectivity index (χ4v) is 2.77. The summed E-state index contributed by atoms with van der Waals surface area (Å²) in [6, 6.07) is 13.1. The third-order valence-electron chi connectivity index (χ3n) is 4.03. The number of anilines is 1. The number of hydrogen-bond acceptors (Lipinski definition) is 3. The van der Waals surface area contributed by atoms with E-state index in [2.05, 4.69) is 10.4 Å². The van der Waals surface area contributed by atoms with Gasteiger partial charge in [0.25, 0.3) is 5.91 Å². The molecule has 0 saturated carbocycles. The van der Waals surface area contributed by atoms with E-state index in [1.54, 1.807) is 23.0 Å². The number of ether oxygens (including phenoxy) is 1. The van der Waals surface area contributed by atoms with Crippen molar-refractivity contribution >= 4 is 23.2 Å². The molecule has 1 N–H and O–H groups in total. The molecule has 5 nitrogen and oxygen atoms in total. The maximum atomic E-state index is 12.5. The summed E-state index contributed by atoms with van der Waals surface area (Å²) in [5.74, 6) is 0.332. The standard InChI is InChI=1S/C20H20ClN3O2/c1-13-7-8-16(21)18(11-13)26-12-24-10-9-17(23-24)20(25)22-19-14(2)5-4-6-15(19)3/h4-11H,12H2,1-3H3,(H,22,25). The lowest BCUT2D eigenvalue weighted by Gasteiger charge is -2.10. The van der Waals surface area contributed by atoms with Gasteiger partial charge in [-0.3, -0.25) is 4.79 Å². The number of aryl methyl sites for hydroxylation is 3. The van der Waals surface area contributed by atoms with Gasteiger partial charge in [0.1, 0.15) is 5.75 Å². The Morgan fingerprint density at radius 1 is 1.15 bits per heavy atom. The van der Waals surface area contributed by atoms with Crippen molar-refractivity contribution in [3.05, 3.63) is 76.1 Å². The highest BCUT2D eigenvalue weighted by Crippen LogP contribution is 2.25. The zero-order valence-electron chi connectivity index (χ0n) is 14.9. The van der Waals surface area contributed by atoms with Gasteiger partial charge in [0.2, 0.25) is 0 Å². The molecule has 0 radical (unpaired) electrons. The van der Waals surface area contributed by atoms with Crippen LogP contribution in [0.5, 0.6) is 5.75 Å². The molecule has 3 aromatic rings. The first-order valence-electron chi connectivity index (χ1n) is 8.24. The summed E-state index contributed by atoms with van der Waals surface area (Å²) in [5.41, 5.74) is 4.21. The van der Waals surface area contributed by atoms with Crippen molar-refractivity contribution in [3.8, 4) is 5.75 Å². The number of aromatic nitrogens is 2. The fraction of sp³-hybridized carbons (Fsp3) is 0.200. The number of amides is 1. The predicted molar refractivity (Wildman–Crippen MR) is 103 cm³/mol. The van der Waals surface area contributed by atoms with Gasteiger partial charge in [-0.1, -0.05) is 35.9 Å². The molecule has 0 bridgehead atoms. The van der Waals surface area contributed by atoms with Crippen molar-refractivity contribution < 1.29 is 9.53 Å². The van der Waals surface area contributed by atoms with Crippen LogP contribution in [0.2, 0.25) is 5.02 Å². The van der Waals surface area contributed by atoms with Gasteiger partial charge in [-0.25, -0.2) is 4.68 Å². The van der Waals surface area contributed by atoms with Crippen molar-refractivity contribution in [3.63, 3.8) is 0 Å². The van der Waals surface area contributed by atoms with Crippen LogP contribution in [0, 0.1) is 20.8 Å². The number of nitrogens with zero attached hydrogens (tertiary/aromatic N) is 2. The van der Waals surface area contributed by atoms with Gasteiger partial charge in [0.15, 0.2) is 12.4 Å². The Hall–Kier alpha value is -2.79. The van der Waals surface area contributed by atoms with Gasteiger partial charge in [-0.15, -0.1) is 0 Å². The minimum atomic E-state index is -0.255. The molecule has 0 unspecified atom stereocenters. The molecule has 0 spiro atoms. The SMILES string of the molecule is Cc1ccc(Cl)c(OCn2ccc(C(=O)Nc3c(C)cccc3C)n2)c1. The Labute approximate surface area is 157 Å². The summed E-state index contributed by atoms with van der Waals surface area (Å²) >= 11 is 6.12. The highest BCUT2D eigenvalue weighted by molar-refractivity contribution is 6.32. The molecule has 26 heavy (non-hydrogen) atoms. The molecule has 6 heteroatoms. The normalized spacial score (nSPS) is 10.6. The number of halogens is 1. The van der Waals surface area contributed by atoms with Crippen LogP contribution in [0.1, 0.15) is 27.2 Å². The number of carbonyl (C=O) groups excluding carboxylic acids is 1. The van der Waals surface area contributed by atoms with E-state index in [1.165, 1.54) is 0 Å². The Morgan fingerprint density at radius 3 is 2.62 bits per heavy atom. The lowest BCUT2D eigenvalue weighted by molar-refractivity contribution is 0.102. The number of rotatable bonds is 5. The van der Waals surface area contributed by atoms with E-state index in [0.717, 1.165) is 22.4 Å². The molecule has 1 aromatic heterocycles. The van der Waals surface area contributed by atoms with Crippen molar-refractivity contribution in [2.75, 3.05) is 5.32 Å². The first-order valence-corrected chi connectivity index (χ1v) is 8.62. The largest absolute Gasteiger partial charge is 0.470 e. The molecule has 0 aliphatic heterocycles. The molecule has 1 amide bonds. The minimum Gasteiger partial charge on any atom is -0.470 e. The fourth-order valence-electron chi connectivity index (χ4n) is 2.60. The minimum absolute atomic E-state index is 0.167. The number of para-hydroxylation sites is 1. The van der Waals surface area contributed by atoms with Gasteiger partial charge < -0.3 is 10.1 Å². The summed E-state index contributed by atoms with van der Waals surface area (Å²) in [7, 11) is 0. The molecule has 0 aliphatic rings. The van der Waals surface area contributed by atoms with Crippen LogP contribution in [0.4, 0.5) is 5.69 Å². The summed E-state index contributed by atoms with van der Waals surface area (Å²) in [4.78, 5) is 12.5. The predicted octanol–water partition coefficient (Wildman–Crippen LogP) is 4.75. The Morgan fingerprint density at radius 2 is 1.88 bits per heavy atom. The number of hydrogen-bond donors (Lipinski definition) is 1. The highest BCUT2D eigenvalue weighted by Gasteiger charge is 2.13. The van der Waals surface area contributed by atoms with Crippen molar-refractivity contribution in [2.24, 2.45) is 0 Å². The molecule has 1 heterocycles. The smallest absolute Gasteiger partial charge is 0.276 e. The molecular formula is C20H20ClN3O2. The topological polar surface area (TPSA) is 56.1 Å². The zero-order chi connectivity index (χ0) is 18.7. The van der Waals surface area contributed by atoms with Crippen molar-refractivity contribution in [1.82, 2.24) is 9.78 Å². The summed E-state index contributed by atoms with van der Waals surface area (Å²) < 4.78 is 7.24. The zero-order valence-corrected chi connectivity index (χ0v) is 15.7. The van der Waals surface area contributed by atoms with E-state index in [9.17, 15) is 4.79 Å². The lowest BCUT2D eigenvalue weighted by Crippen LogP contribution is -2.15.